The summed E-state index contributed by atoms with van der Waals surface area (Å²) in [7, 11) is 0. The maximum absolute atomic E-state index is 13.9. The monoisotopic (exact) mass is 721 g/mol. The number of allylic oxidation sites excluding steroid dienone is 1. The van der Waals surface area contributed by atoms with Crippen LogP contribution in [0, 0.1) is 28.6 Å². The summed E-state index contributed by atoms with van der Waals surface area (Å²) < 4.78 is 12.4. The summed E-state index contributed by atoms with van der Waals surface area (Å²) in [6, 6.07) is 14.1. The molecule has 3 aromatic carbocycles. The number of carbonyl (C=O) groups is 3. The van der Waals surface area contributed by atoms with E-state index < -0.39 is 52.5 Å². The quantitative estimate of drug-likeness (QED) is 0.204. The molecule has 0 aromatic heterocycles. The highest BCUT2D eigenvalue weighted by Gasteiger charge is 2.68. The topological polar surface area (TPSA) is 183 Å². The first-order chi connectivity index (χ1) is 25.2. The van der Waals surface area contributed by atoms with Gasteiger partial charge in [-0.1, -0.05) is 37.6 Å². The molecule has 3 fully saturated rings. The van der Waals surface area contributed by atoms with Gasteiger partial charge in [0.2, 0.25) is 0 Å². The number of carbonyl (C=O) groups excluding carboxylic acids is 3. The zero-order valence-corrected chi connectivity index (χ0v) is 29.6. The number of benzene rings is 3. The van der Waals surface area contributed by atoms with Crippen molar-refractivity contribution in [3.05, 3.63) is 94.1 Å². The molecule has 3 saturated carbocycles. The molecule has 6 aliphatic rings. The van der Waals surface area contributed by atoms with Gasteiger partial charge in [0, 0.05) is 40.8 Å². The summed E-state index contributed by atoms with van der Waals surface area (Å²) in [5.74, 6) is -0.877. The Bertz CT molecular complexity index is 2090. The van der Waals surface area contributed by atoms with Crippen molar-refractivity contribution in [2.24, 2.45) is 28.6 Å². The number of esters is 1. The van der Waals surface area contributed by atoms with Crippen LogP contribution in [0.15, 0.2) is 66.2 Å². The molecule has 6 N–H and O–H groups in total. The molecule has 9 rings (SSSR count). The number of rotatable bonds is 5. The van der Waals surface area contributed by atoms with Gasteiger partial charge in [-0.2, -0.15) is 0 Å². The Kier molecular flexibility index (Phi) is 7.41. The number of aliphatic hydroxyl groups excluding tert-OH is 2. The lowest BCUT2D eigenvalue weighted by Crippen LogP contribution is -2.63. The molecule has 4 aliphatic carbocycles. The number of aliphatic hydroxyl groups is 3. The van der Waals surface area contributed by atoms with Crippen molar-refractivity contribution in [1.29, 1.82) is 0 Å². The number of Topliss-reactive ketones (excluding diaryl/α,β-unsaturated/α-hetero) is 1. The van der Waals surface area contributed by atoms with Crippen LogP contribution < -0.4 is 10.1 Å². The van der Waals surface area contributed by atoms with Gasteiger partial charge in [-0.15, -0.1) is 0 Å². The van der Waals surface area contributed by atoms with Crippen molar-refractivity contribution >= 4 is 17.5 Å². The molecule has 11 heteroatoms. The van der Waals surface area contributed by atoms with Crippen LogP contribution in [0.1, 0.15) is 85.0 Å². The minimum Gasteiger partial charge on any atom is -0.508 e. The maximum atomic E-state index is 13.9. The Morgan fingerprint density at radius 1 is 0.943 bits per heavy atom. The summed E-state index contributed by atoms with van der Waals surface area (Å²) in [5, 5.41) is 57.2. The van der Waals surface area contributed by atoms with Crippen LogP contribution in [0.2, 0.25) is 0 Å². The summed E-state index contributed by atoms with van der Waals surface area (Å²) in [5.41, 5.74) is -0.842. The SMILES string of the molecule is C[C@]12CC(NCc3cccc4c3C(=O)OC43c4ccc(O)cc4Oc4cc(O)ccc43)C(=O)C=C1CCC1C2[C@@H](O)C[C@@]2(C)C1CC[C@]2(O)C(=O)CO. The van der Waals surface area contributed by atoms with E-state index in [-0.39, 0.29) is 65.9 Å². The second-order valence-electron chi connectivity index (χ2n) is 16.5. The van der Waals surface area contributed by atoms with E-state index in [0.717, 1.165) is 12.0 Å². The molecule has 4 unspecified atom stereocenters. The molecule has 0 saturated heterocycles. The lowest BCUT2D eigenvalue weighted by atomic mass is 9.45. The Morgan fingerprint density at radius 3 is 2.32 bits per heavy atom. The fourth-order valence-electron chi connectivity index (χ4n) is 11.7. The number of ketones is 2. The maximum Gasteiger partial charge on any atom is 0.340 e. The number of nitrogens with one attached hydrogen (secondary N) is 1. The van der Waals surface area contributed by atoms with Crippen LogP contribution in [0.3, 0.4) is 0 Å². The lowest BCUT2D eigenvalue weighted by molar-refractivity contribution is -0.182. The van der Waals surface area contributed by atoms with Crippen LogP contribution in [0.5, 0.6) is 23.0 Å². The fourth-order valence-corrected chi connectivity index (χ4v) is 11.7. The molecule has 0 bridgehead atoms. The van der Waals surface area contributed by atoms with Crippen LogP contribution in [0.25, 0.3) is 0 Å². The van der Waals surface area contributed by atoms with Gasteiger partial charge in [0.1, 0.15) is 35.2 Å². The Hall–Kier alpha value is -4.55. The summed E-state index contributed by atoms with van der Waals surface area (Å²) in [6.45, 7) is 3.45. The van der Waals surface area contributed by atoms with Gasteiger partial charge in [0.15, 0.2) is 17.2 Å². The zero-order chi connectivity index (χ0) is 37.2. The predicted octanol–water partition coefficient (Wildman–Crippen LogP) is 4.53. The number of ether oxygens (including phenoxy) is 2. The highest BCUT2D eigenvalue weighted by Crippen LogP contribution is 2.68. The Morgan fingerprint density at radius 2 is 1.64 bits per heavy atom. The average molecular weight is 722 g/mol. The molecule has 276 valence electrons. The van der Waals surface area contributed by atoms with Gasteiger partial charge in [-0.05, 0) is 97.6 Å². The smallest absolute Gasteiger partial charge is 0.340 e. The normalized spacial score (nSPS) is 34.4. The molecule has 3 aromatic rings. The first kappa shape index (κ1) is 34.2. The van der Waals surface area contributed by atoms with Crippen molar-refractivity contribution in [2.75, 3.05) is 6.61 Å². The van der Waals surface area contributed by atoms with E-state index in [1.54, 1.807) is 18.2 Å². The van der Waals surface area contributed by atoms with Crippen molar-refractivity contribution in [2.45, 2.75) is 82.3 Å². The summed E-state index contributed by atoms with van der Waals surface area (Å²) in [6.07, 6.45) is 3.89. The third-order valence-corrected chi connectivity index (χ3v) is 14.1. The molecule has 8 atom stereocenters. The van der Waals surface area contributed by atoms with E-state index in [9.17, 15) is 39.9 Å². The predicted molar refractivity (Wildman–Crippen MR) is 189 cm³/mol. The zero-order valence-electron chi connectivity index (χ0n) is 29.6. The largest absolute Gasteiger partial charge is 0.508 e. The van der Waals surface area contributed by atoms with E-state index in [1.165, 1.54) is 24.3 Å². The molecule has 1 spiro atoms. The first-order valence-electron chi connectivity index (χ1n) is 18.5. The van der Waals surface area contributed by atoms with E-state index in [2.05, 4.69) is 12.2 Å². The minimum atomic E-state index is -1.68. The van der Waals surface area contributed by atoms with E-state index in [4.69, 9.17) is 9.47 Å². The highest BCUT2D eigenvalue weighted by molar-refractivity contribution is 5.99. The molecule has 2 aliphatic heterocycles. The second kappa shape index (κ2) is 11.5. The van der Waals surface area contributed by atoms with Gasteiger partial charge in [-0.3, -0.25) is 9.59 Å². The van der Waals surface area contributed by atoms with Crippen LogP contribution in [0.4, 0.5) is 0 Å². The fraction of sp³-hybridized carbons (Fsp3) is 0.452. The van der Waals surface area contributed by atoms with E-state index in [1.807, 2.05) is 25.1 Å². The second-order valence-corrected chi connectivity index (χ2v) is 16.5. The molecule has 11 nitrogen and oxygen atoms in total. The third-order valence-electron chi connectivity index (χ3n) is 14.1. The molecular weight excluding hydrogens is 678 g/mol. The van der Waals surface area contributed by atoms with E-state index >= 15 is 0 Å². The number of fused-ring (bicyclic) bond motifs is 11. The number of phenols is 2. The molecule has 0 amide bonds. The van der Waals surface area contributed by atoms with Gasteiger partial charge in [0.25, 0.3) is 0 Å². The van der Waals surface area contributed by atoms with Crippen LogP contribution in [-0.4, -0.2) is 67.4 Å². The summed E-state index contributed by atoms with van der Waals surface area (Å²) >= 11 is 0. The number of hydrogen-bond donors (Lipinski definition) is 6. The van der Waals surface area contributed by atoms with Gasteiger partial charge >= 0.3 is 5.97 Å². The molecule has 53 heavy (non-hydrogen) atoms. The molecular formula is C42H43NO10. The number of aromatic hydroxyl groups is 2. The molecule has 2 heterocycles. The average Bonchev–Trinajstić information content (AvgIpc) is 3.57. The van der Waals surface area contributed by atoms with Gasteiger partial charge < -0.3 is 40.3 Å². The van der Waals surface area contributed by atoms with Crippen molar-refractivity contribution in [3.63, 3.8) is 0 Å². The van der Waals surface area contributed by atoms with Gasteiger partial charge in [-0.25, -0.2) is 4.79 Å². The van der Waals surface area contributed by atoms with Crippen molar-refractivity contribution in [3.8, 4) is 23.0 Å². The van der Waals surface area contributed by atoms with Crippen molar-refractivity contribution in [1.82, 2.24) is 5.32 Å². The first-order valence-corrected chi connectivity index (χ1v) is 18.5. The van der Waals surface area contributed by atoms with Crippen LogP contribution >= 0.6 is 0 Å². The number of phenolic OH excluding ortho intramolecular Hbond substituents is 2. The third kappa shape index (κ3) is 4.51. The Labute approximate surface area is 306 Å². The van der Waals surface area contributed by atoms with Crippen molar-refractivity contribution < 1.29 is 49.4 Å². The van der Waals surface area contributed by atoms with E-state index in [0.29, 0.717) is 47.1 Å². The highest BCUT2D eigenvalue weighted by atomic mass is 16.6. The van der Waals surface area contributed by atoms with Gasteiger partial charge in [0.05, 0.1) is 17.7 Å². The Balaban J connectivity index is 1.03. The summed E-state index contributed by atoms with van der Waals surface area (Å²) in [4.78, 5) is 40.5. The standard InChI is InChI=1S/C42H43NO10/c1-39-17-30(31(47)14-22(39)6-9-25-26-12-13-41(51,35(49)20-44)40(26,2)18-32(48)37(25)39)43-19-21-4-3-5-29-36(21)38(50)53-42(29)27-10-7-23(45)15-33(27)52-34-16-24(46)8-11-28(34)42/h3-5,7-8,10-11,14-16,25-26,30,32,37,43-46,48,51H,6,9,12-13,17-20H2,1-2H3/t25?,26?,30?,32-,37?,39-,40-,41-/m0/s1. The lowest BCUT2D eigenvalue weighted by Gasteiger charge is -2.61. The minimum absolute atomic E-state index is 0.0163. The molecule has 0 radical (unpaired) electrons. The number of hydrogen-bond acceptors (Lipinski definition) is 11. The van der Waals surface area contributed by atoms with Crippen LogP contribution in [-0.2, 0) is 26.5 Å².